The Hall–Kier alpha value is -0.410. The molecule has 0 unspecified atom stereocenters. The molecule has 0 spiro atoms. The van der Waals surface area contributed by atoms with Crippen molar-refractivity contribution in [1.29, 1.82) is 0 Å². The quantitative estimate of drug-likeness (QED) is 0.756. The van der Waals surface area contributed by atoms with Crippen LogP contribution in [0, 0.1) is 17.2 Å². The van der Waals surface area contributed by atoms with E-state index in [1.165, 1.54) is 18.6 Å². The highest BCUT2D eigenvalue weighted by Crippen LogP contribution is 2.44. The van der Waals surface area contributed by atoms with E-state index in [4.69, 9.17) is 0 Å². The van der Waals surface area contributed by atoms with E-state index >= 15 is 0 Å². The molecule has 1 nitrogen and oxygen atoms in total. The highest BCUT2D eigenvalue weighted by Gasteiger charge is 2.38. The van der Waals surface area contributed by atoms with E-state index in [2.05, 4.69) is 36.7 Å². The molecule has 0 aromatic heterocycles. The molecule has 118 valence electrons. The third-order valence-electron chi connectivity index (χ3n) is 5.47. The molecule has 1 aliphatic rings. The normalized spacial score (nSPS) is 26.9. The van der Waals surface area contributed by atoms with Crippen LogP contribution in [0.3, 0.4) is 0 Å². The van der Waals surface area contributed by atoms with Gasteiger partial charge >= 0.3 is 0 Å². The van der Waals surface area contributed by atoms with Crippen molar-refractivity contribution in [2.24, 2.45) is 11.3 Å². The summed E-state index contributed by atoms with van der Waals surface area (Å²) in [5.74, 6) is 0.449. The molecule has 0 bridgehead atoms. The van der Waals surface area contributed by atoms with Crippen LogP contribution in [0.2, 0.25) is 0 Å². The van der Waals surface area contributed by atoms with Crippen molar-refractivity contribution >= 4 is 15.9 Å². The van der Waals surface area contributed by atoms with Crippen LogP contribution >= 0.6 is 15.9 Å². The van der Waals surface area contributed by atoms with Gasteiger partial charge in [-0.3, -0.25) is 0 Å². The Morgan fingerprint density at radius 3 is 2.48 bits per heavy atom. The summed E-state index contributed by atoms with van der Waals surface area (Å²) >= 11 is 3.40. The molecule has 1 N–H and O–H groups in total. The monoisotopic (exact) mass is 356 g/mol. The molecule has 21 heavy (non-hydrogen) atoms. The Labute approximate surface area is 136 Å². The minimum atomic E-state index is -0.638. The van der Waals surface area contributed by atoms with Gasteiger partial charge in [-0.25, -0.2) is 4.39 Å². The Balaban J connectivity index is 2.02. The summed E-state index contributed by atoms with van der Waals surface area (Å²) in [5, 5.41) is 10.9. The summed E-state index contributed by atoms with van der Waals surface area (Å²) in [5.41, 5.74) is 0.713. The van der Waals surface area contributed by atoms with E-state index in [1.807, 2.05) is 0 Å². The zero-order chi connectivity index (χ0) is 15.7. The minimum Gasteiger partial charge on any atom is -0.390 e. The first-order valence-electron chi connectivity index (χ1n) is 7.92. The van der Waals surface area contributed by atoms with E-state index in [-0.39, 0.29) is 5.82 Å². The summed E-state index contributed by atoms with van der Waals surface area (Å²) in [6, 6.07) is 4.72. The van der Waals surface area contributed by atoms with Gasteiger partial charge in [0.05, 0.1) is 5.60 Å². The van der Waals surface area contributed by atoms with Gasteiger partial charge in [-0.05, 0) is 54.7 Å². The number of rotatable bonds is 4. The average Bonchev–Trinajstić information content (AvgIpc) is 2.42. The Kier molecular flexibility index (Phi) is 5.15. The lowest BCUT2D eigenvalue weighted by Crippen LogP contribution is -2.39. The van der Waals surface area contributed by atoms with Gasteiger partial charge in [0.15, 0.2) is 0 Å². The third-order valence-corrected chi connectivity index (χ3v) is 6.21. The van der Waals surface area contributed by atoms with Gasteiger partial charge in [-0.1, -0.05) is 49.2 Å². The Morgan fingerprint density at radius 2 is 1.95 bits per heavy atom. The second-order valence-corrected chi connectivity index (χ2v) is 8.11. The van der Waals surface area contributed by atoms with Gasteiger partial charge in [-0.15, -0.1) is 0 Å². The summed E-state index contributed by atoms with van der Waals surface area (Å²) in [6.45, 7) is 6.91. The summed E-state index contributed by atoms with van der Waals surface area (Å²) in [6.07, 6.45) is 5.62. The molecule has 0 radical (unpaired) electrons. The van der Waals surface area contributed by atoms with Crippen LogP contribution in [-0.2, 0) is 6.42 Å². The molecular weight excluding hydrogens is 331 g/mol. The van der Waals surface area contributed by atoms with Gasteiger partial charge in [-0.2, -0.15) is 0 Å². The largest absolute Gasteiger partial charge is 0.390 e. The van der Waals surface area contributed by atoms with Crippen molar-refractivity contribution in [3.8, 4) is 0 Å². The van der Waals surface area contributed by atoms with Crippen LogP contribution in [0.5, 0.6) is 0 Å². The highest BCUT2D eigenvalue weighted by molar-refractivity contribution is 9.10. The standard InChI is InChI=1S/C18H26BrFO/c1-4-17(2,3)14-7-9-18(21,10-8-14)12-13-5-6-15(20)11-16(13)19/h5-6,11,14,21H,4,7-10,12H2,1-3H3. The SMILES string of the molecule is CCC(C)(C)C1CCC(O)(Cc2ccc(F)cc2Br)CC1. The van der Waals surface area contributed by atoms with Crippen LogP contribution in [0.1, 0.15) is 58.4 Å². The minimum absolute atomic E-state index is 0.244. The molecule has 2 rings (SSSR count). The smallest absolute Gasteiger partial charge is 0.124 e. The highest BCUT2D eigenvalue weighted by atomic mass is 79.9. The van der Waals surface area contributed by atoms with Crippen molar-refractivity contribution in [2.75, 3.05) is 0 Å². The molecule has 0 aliphatic heterocycles. The van der Waals surface area contributed by atoms with Crippen molar-refractivity contribution < 1.29 is 9.50 Å². The maximum Gasteiger partial charge on any atom is 0.124 e. The van der Waals surface area contributed by atoms with Crippen molar-refractivity contribution in [3.05, 3.63) is 34.1 Å². The lowest BCUT2D eigenvalue weighted by Gasteiger charge is -2.42. The molecule has 0 heterocycles. The first kappa shape index (κ1) is 17.0. The molecule has 1 saturated carbocycles. The van der Waals surface area contributed by atoms with Gasteiger partial charge in [0, 0.05) is 10.9 Å². The predicted molar refractivity (Wildman–Crippen MR) is 88.8 cm³/mol. The van der Waals surface area contributed by atoms with E-state index in [9.17, 15) is 9.50 Å². The Morgan fingerprint density at radius 1 is 1.33 bits per heavy atom. The van der Waals surface area contributed by atoms with Crippen LogP contribution in [0.4, 0.5) is 4.39 Å². The molecular formula is C18H26BrFO. The molecule has 3 heteroatoms. The first-order chi connectivity index (χ1) is 9.76. The molecule has 1 aliphatic carbocycles. The number of aliphatic hydroxyl groups is 1. The Bertz CT molecular complexity index is 490. The third kappa shape index (κ3) is 4.07. The van der Waals surface area contributed by atoms with Crippen LogP contribution in [-0.4, -0.2) is 10.7 Å². The molecule has 0 amide bonds. The van der Waals surface area contributed by atoms with Crippen molar-refractivity contribution in [1.82, 2.24) is 0 Å². The number of hydrogen-bond acceptors (Lipinski definition) is 1. The van der Waals surface area contributed by atoms with Gasteiger partial charge in [0.25, 0.3) is 0 Å². The number of halogens is 2. The summed E-state index contributed by atoms with van der Waals surface area (Å²) in [4.78, 5) is 0. The second kappa shape index (κ2) is 6.37. The predicted octanol–water partition coefficient (Wildman–Crippen LogP) is 5.49. The average molecular weight is 357 g/mol. The lowest BCUT2D eigenvalue weighted by atomic mass is 9.65. The maximum absolute atomic E-state index is 13.2. The van der Waals surface area contributed by atoms with E-state index < -0.39 is 5.60 Å². The van der Waals surface area contributed by atoms with Crippen LogP contribution < -0.4 is 0 Å². The molecule has 1 aromatic carbocycles. The van der Waals surface area contributed by atoms with Crippen LogP contribution in [0.25, 0.3) is 0 Å². The summed E-state index contributed by atoms with van der Waals surface area (Å²) in [7, 11) is 0. The number of benzene rings is 1. The molecule has 0 atom stereocenters. The maximum atomic E-state index is 13.2. The summed E-state index contributed by atoms with van der Waals surface area (Å²) < 4.78 is 13.9. The first-order valence-corrected chi connectivity index (χ1v) is 8.71. The topological polar surface area (TPSA) is 20.2 Å². The van der Waals surface area contributed by atoms with Crippen molar-refractivity contribution in [2.45, 2.75) is 64.9 Å². The van der Waals surface area contributed by atoms with Gasteiger partial charge in [0.1, 0.15) is 5.82 Å². The second-order valence-electron chi connectivity index (χ2n) is 7.25. The van der Waals surface area contributed by atoms with Crippen molar-refractivity contribution in [3.63, 3.8) is 0 Å². The number of hydrogen-bond donors (Lipinski definition) is 1. The fraction of sp³-hybridized carbons (Fsp3) is 0.667. The van der Waals surface area contributed by atoms with Gasteiger partial charge < -0.3 is 5.11 Å². The lowest BCUT2D eigenvalue weighted by molar-refractivity contribution is -0.0277. The fourth-order valence-corrected chi connectivity index (χ4v) is 3.91. The van der Waals surface area contributed by atoms with E-state index in [1.54, 1.807) is 6.07 Å². The molecule has 0 saturated heterocycles. The molecule has 1 fully saturated rings. The molecule has 1 aromatic rings. The zero-order valence-electron chi connectivity index (χ0n) is 13.3. The van der Waals surface area contributed by atoms with Crippen LogP contribution in [0.15, 0.2) is 22.7 Å². The van der Waals surface area contributed by atoms with E-state index in [0.717, 1.165) is 35.7 Å². The van der Waals surface area contributed by atoms with E-state index in [0.29, 0.717) is 17.8 Å². The zero-order valence-corrected chi connectivity index (χ0v) is 14.8. The van der Waals surface area contributed by atoms with Gasteiger partial charge in [0.2, 0.25) is 0 Å². The fourth-order valence-electron chi connectivity index (χ4n) is 3.42.